The standard InChI is InChI=1S/C44H55BO6S/c1-43(2)44(3,4)51-45(50-43)40-38(28-18-9-19-29-52-37-26-16-8-17-27-37)49-39(33-46-30-34-20-10-5-11-21-34)41(47-31-35-22-12-6-13-23-35)42(40)48-32-36-24-14-7-15-25-36/h5-8,10-17,20-27,38-42H,9,18-19,28-33H2,1-4H3/t38-,39-,40+,41-,42-/m1/s1. The summed E-state index contributed by atoms with van der Waals surface area (Å²) in [6, 6.07) is 41.6. The molecule has 6 nitrogen and oxygen atoms in total. The number of ether oxygens (including phenoxy) is 4. The van der Waals surface area contributed by atoms with Gasteiger partial charge in [0.25, 0.3) is 0 Å². The fraction of sp³-hybridized carbons (Fsp3) is 0.455. The Morgan fingerprint density at radius 3 is 1.63 bits per heavy atom. The van der Waals surface area contributed by atoms with Crippen LogP contribution in [0.3, 0.4) is 0 Å². The van der Waals surface area contributed by atoms with Gasteiger partial charge in [-0.25, -0.2) is 0 Å². The lowest BCUT2D eigenvalue weighted by Gasteiger charge is -2.47. The SMILES string of the molecule is CC1(C)OB([C@@H]2[C@@H](OCc3ccccc3)[C@H](OCc3ccccc3)[C@@H](COCc3ccccc3)O[C@@H]2CCCCCSc2ccccc2)OC1(C)C. The molecule has 0 aromatic heterocycles. The first-order chi connectivity index (χ1) is 25.3. The highest BCUT2D eigenvalue weighted by molar-refractivity contribution is 7.99. The van der Waals surface area contributed by atoms with E-state index in [1.165, 1.54) is 4.90 Å². The molecule has 0 radical (unpaired) electrons. The minimum atomic E-state index is -0.529. The Morgan fingerprint density at radius 2 is 1.08 bits per heavy atom. The molecule has 276 valence electrons. The van der Waals surface area contributed by atoms with Crippen LogP contribution in [0.5, 0.6) is 0 Å². The molecule has 6 rings (SSSR count). The number of hydrogen-bond acceptors (Lipinski definition) is 7. The van der Waals surface area contributed by atoms with Crippen LogP contribution < -0.4 is 0 Å². The molecule has 0 saturated carbocycles. The van der Waals surface area contributed by atoms with E-state index in [1.54, 1.807) is 0 Å². The monoisotopic (exact) mass is 722 g/mol. The Kier molecular flexibility index (Phi) is 14.1. The van der Waals surface area contributed by atoms with Gasteiger partial charge in [0.15, 0.2) is 0 Å². The van der Waals surface area contributed by atoms with E-state index in [4.69, 9.17) is 28.3 Å². The molecule has 2 aliphatic heterocycles. The van der Waals surface area contributed by atoms with Crippen LogP contribution in [0, 0.1) is 0 Å². The number of unbranched alkanes of at least 4 members (excludes halogenated alkanes) is 2. The van der Waals surface area contributed by atoms with E-state index < -0.39 is 24.4 Å². The molecular weight excluding hydrogens is 667 g/mol. The zero-order valence-corrected chi connectivity index (χ0v) is 32.0. The summed E-state index contributed by atoms with van der Waals surface area (Å²) < 4.78 is 41.1. The van der Waals surface area contributed by atoms with E-state index in [0.717, 1.165) is 48.1 Å². The molecular formula is C44H55BO6S. The van der Waals surface area contributed by atoms with E-state index in [0.29, 0.717) is 26.4 Å². The van der Waals surface area contributed by atoms with Crippen molar-refractivity contribution >= 4 is 18.9 Å². The topological polar surface area (TPSA) is 55.4 Å². The van der Waals surface area contributed by atoms with Crippen molar-refractivity contribution in [2.75, 3.05) is 12.4 Å². The van der Waals surface area contributed by atoms with Gasteiger partial charge in [-0.3, -0.25) is 0 Å². The smallest absolute Gasteiger partial charge is 0.403 e. The van der Waals surface area contributed by atoms with Gasteiger partial charge in [0, 0.05) is 10.7 Å². The van der Waals surface area contributed by atoms with Crippen LogP contribution in [-0.2, 0) is 48.1 Å². The maximum Gasteiger partial charge on any atom is 0.466 e. The maximum atomic E-state index is 7.15. The van der Waals surface area contributed by atoms with Gasteiger partial charge in [-0.15, -0.1) is 11.8 Å². The van der Waals surface area contributed by atoms with Gasteiger partial charge in [0.05, 0.1) is 49.8 Å². The average molecular weight is 723 g/mol. The summed E-state index contributed by atoms with van der Waals surface area (Å²) in [5.41, 5.74) is 2.31. The van der Waals surface area contributed by atoms with Crippen LogP contribution in [0.15, 0.2) is 126 Å². The first-order valence-electron chi connectivity index (χ1n) is 18.9. The van der Waals surface area contributed by atoms with Crippen LogP contribution in [0.25, 0.3) is 0 Å². The van der Waals surface area contributed by atoms with Crippen molar-refractivity contribution in [3.8, 4) is 0 Å². The molecule has 4 aromatic rings. The molecule has 2 saturated heterocycles. The van der Waals surface area contributed by atoms with Gasteiger partial charge in [-0.2, -0.15) is 0 Å². The molecule has 0 aliphatic carbocycles. The second kappa shape index (κ2) is 18.9. The summed E-state index contributed by atoms with van der Waals surface area (Å²) >= 11 is 1.92. The Morgan fingerprint density at radius 1 is 0.577 bits per heavy atom. The Hall–Kier alpha value is -2.95. The molecule has 0 amide bonds. The molecule has 0 unspecified atom stereocenters. The van der Waals surface area contributed by atoms with Crippen LogP contribution in [-0.4, -0.2) is 55.1 Å². The van der Waals surface area contributed by atoms with Crippen molar-refractivity contribution in [1.82, 2.24) is 0 Å². The molecule has 8 heteroatoms. The van der Waals surface area contributed by atoms with Gasteiger partial charge >= 0.3 is 7.12 Å². The lowest BCUT2D eigenvalue weighted by atomic mass is 9.61. The van der Waals surface area contributed by atoms with Crippen molar-refractivity contribution in [2.24, 2.45) is 0 Å². The zero-order valence-electron chi connectivity index (χ0n) is 31.2. The van der Waals surface area contributed by atoms with Crippen molar-refractivity contribution in [1.29, 1.82) is 0 Å². The van der Waals surface area contributed by atoms with Gasteiger partial charge < -0.3 is 28.3 Å². The second-order valence-corrected chi connectivity index (χ2v) is 16.1. The normalized spacial score (nSPS) is 23.8. The number of benzene rings is 4. The van der Waals surface area contributed by atoms with Gasteiger partial charge in [-0.05, 0) is 75.1 Å². The lowest BCUT2D eigenvalue weighted by Crippen LogP contribution is -2.59. The van der Waals surface area contributed by atoms with Crippen molar-refractivity contribution in [3.05, 3.63) is 138 Å². The van der Waals surface area contributed by atoms with Gasteiger partial charge in [0.2, 0.25) is 0 Å². The predicted octanol–water partition coefficient (Wildman–Crippen LogP) is 9.96. The third kappa shape index (κ3) is 10.6. The van der Waals surface area contributed by atoms with E-state index in [2.05, 4.69) is 107 Å². The van der Waals surface area contributed by atoms with E-state index in [-0.39, 0.29) is 24.1 Å². The quantitative estimate of drug-likeness (QED) is 0.0576. The summed E-state index contributed by atoms with van der Waals surface area (Å²) in [7, 11) is -0.529. The molecule has 52 heavy (non-hydrogen) atoms. The van der Waals surface area contributed by atoms with Crippen LogP contribution in [0.1, 0.15) is 70.1 Å². The molecule has 0 spiro atoms. The molecule has 0 bridgehead atoms. The van der Waals surface area contributed by atoms with E-state index in [1.807, 2.05) is 54.2 Å². The lowest BCUT2D eigenvalue weighted by molar-refractivity contribution is -0.224. The summed E-state index contributed by atoms with van der Waals surface area (Å²) in [4.78, 5) is 1.32. The Balaban J connectivity index is 1.26. The minimum Gasteiger partial charge on any atom is -0.403 e. The summed E-state index contributed by atoms with van der Waals surface area (Å²) in [5, 5.41) is 0. The predicted molar refractivity (Wildman–Crippen MR) is 210 cm³/mol. The summed E-state index contributed by atoms with van der Waals surface area (Å²) in [5.74, 6) is 0.860. The second-order valence-electron chi connectivity index (χ2n) is 14.9. The van der Waals surface area contributed by atoms with Crippen LogP contribution in [0.2, 0.25) is 5.82 Å². The first-order valence-corrected chi connectivity index (χ1v) is 19.9. The van der Waals surface area contributed by atoms with Crippen molar-refractivity contribution in [3.63, 3.8) is 0 Å². The van der Waals surface area contributed by atoms with Gasteiger partial charge in [-0.1, -0.05) is 122 Å². The average Bonchev–Trinajstić information content (AvgIpc) is 3.38. The largest absolute Gasteiger partial charge is 0.466 e. The number of hydrogen-bond donors (Lipinski definition) is 0. The Labute approximate surface area is 316 Å². The first kappa shape index (κ1) is 38.8. The zero-order chi connectivity index (χ0) is 36.2. The highest BCUT2D eigenvalue weighted by Gasteiger charge is 2.60. The number of rotatable bonds is 18. The Bertz CT molecular complexity index is 1580. The van der Waals surface area contributed by atoms with Crippen molar-refractivity contribution < 1.29 is 28.3 Å². The number of thioether (sulfide) groups is 1. The molecule has 2 heterocycles. The molecule has 2 aliphatic rings. The summed E-state index contributed by atoms with van der Waals surface area (Å²) in [6.07, 6.45) is 2.77. The fourth-order valence-corrected chi connectivity index (χ4v) is 7.88. The third-order valence-corrected chi connectivity index (χ3v) is 11.6. The van der Waals surface area contributed by atoms with Crippen LogP contribution in [0.4, 0.5) is 0 Å². The van der Waals surface area contributed by atoms with Crippen molar-refractivity contribution in [2.45, 2.75) is 120 Å². The molecule has 0 N–H and O–H groups in total. The highest BCUT2D eigenvalue weighted by Crippen LogP contribution is 2.47. The maximum absolute atomic E-state index is 7.15. The third-order valence-electron chi connectivity index (χ3n) is 10.5. The minimum absolute atomic E-state index is 0.181. The molecule has 5 atom stereocenters. The summed E-state index contributed by atoms with van der Waals surface area (Å²) in [6.45, 7) is 10.2. The van der Waals surface area contributed by atoms with E-state index in [9.17, 15) is 0 Å². The highest BCUT2D eigenvalue weighted by atomic mass is 32.2. The van der Waals surface area contributed by atoms with E-state index >= 15 is 0 Å². The fourth-order valence-electron chi connectivity index (χ4n) is 6.95. The molecule has 4 aromatic carbocycles. The van der Waals surface area contributed by atoms with Crippen LogP contribution >= 0.6 is 11.8 Å². The van der Waals surface area contributed by atoms with Gasteiger partial charge in [0.1, 0.15) is 12.2 Å². The molecule has 2 fully saturated rings.